The van der Waals surface area contributed by atoms with Gasteiger partial charge in [0, 0.05) is 36.7 Å². The second kappa shape index (κ2) is 10.7. The highest BCUT2D eigenvalue weighted by Crippen LogP contribution is 2.28. The molecule has 0 radical (unpaired) electrons. The number of thioether (sulfide) groups is 1. The number of benzene rings is 3. The van der Waals surface area contributed by atoms with Crippen molar-refractivity contribution in [2.75, 3.05) is 29.6 Å². The van der Waals surface area contributed by atoms with Gasteiger partial charge in [0.25, 0.3) is 5.56 Å². The van der Waals surface area contributed by atoms with Crippen LogP contribution in [0.15, 0.2) is 94.9 Å². The molecule has 0 unspecified atom stereocenters. The van der Waals surface area contributed by atoms with Gasteiger partial charge in [-0.2, -0.15) is 5.26 Å². The lowest BCUT2D eigenvalue weighted by Crippen LogP contribution is -2.27. The lowest BCUT2D eigenvalue weighted by atomic mass is 10.1. The lowest BCUT2D eigenvalue weighted by Gasteiger charge is -2.22. The van der Waals surface area contributed by atoms with Crippen LogP contribution in [0.1, 0.15) is 5.56 Å². The Labute approximate surface area is 207 Å². The van der Waals surface area contributed by atoms with Gasteiger partial charge in [-0.25, -0.2) is 4.98 Å². The molecule has 3 aromatic carbocycles. The zero-order chi connectivity index (χ0) is 24.8. The summed E-state index contributed by atoms with van der Waals surface area (Å²) in [5.74, 6) is -0.131. The number of anilines is 3. The molecule has 1 heterocycles. The Bertz CT molecular complexity index is 1370. The molecular formula is C27H23N5O2S. The fourth-order valence-electron chi connectivity index (χ4n) is 3.54. The normalized spacial score (nSPS) is 10.4. The van der Waals surface area contributed by atoms with E-state index >= 15 is 0 Å². The molecule has 1 N–H and O–H groups in total. The number of H-pyrrole nitrogens is 1. The first kappa shape index (κ1) is 23.8. The number of aromatic nitrogens is 2. The zero-order valence-corrected chi connectivity index (χ0v) is 20.1. The summed E-state index contributed by atoms with van der Waals surface area (Å²) in [6, 6.07) is 28.1. The first-order valence-electron chi connectivity index (χ1n) is 10.9. The third-order valence-corrected chi connectivity index (χ3v) is 6.14. The largest absolute Gasteiger partial charge is 0.378 e. The van der Waals surface area contributed by atoms with E-state index < -0.39 is 5.56 Å². The van der Waals surface area contributed by atoms with Crippen LogP contribution < -0.4 is 15.4 Å². The number of para-hydroxylation sites is 2. The molecule has 0 aliphatic heterocycles. The van der Waals surface area contributed by atoms with Crippen molar-refractivity contribution >= 4 is 34.7 Å². The number of hydrogen-bond acceptors (Lipinski definition) is 6. The minimum atomic E-state index is -0.535. The van der Waals surface area contributed by atoms with E-state index in [4.69, 9.17) is 0 Å². The van der Waals surface area contributed by atoms with Crippen molar-refractivity contribution in [2.24, 2.45) is 0 Å². The van der Waals surface area contributed by atoms with Gasteiger partial charge in [-0.1, -0.05) is 60.3 Å². The van der Waals surface area contributed by atoms with Crippen LogP contribution in [-0.2, 0) is 4.79 Å². The Morgan fingerprint density at radius 1 is 0.914 bits per heavy atom. The summed E-state index contributed by atoms with van der Waals surface area (Å²) < 4.78 is 0. The number of amides is 1. The number of carbonyl (C=O) groups is 1. The number of nitrogens with zero attached hydrogens (tertiary/aromatic N) is 4. The Morgan fingerprint density at radius 2 is 1.49 bits per heavy atom. The van der Waals surface area contributed by atoms with Gasteiger partial charge < -0.3 is 9.88 Å². The molecule has 0 aliphatic carbocycles. The molecular weight excluding hydrogens is 458 g/mol. The number of nitriles is 1. The first-order chi connectivity index (χ1) is 17.0. The fourth-order valence-corrected chi connectivity index (χ4v) is 4.25. The van der Waals surface area contributed by atoms with Crippen LogP contribution in [0, 0.1) is 11.3 Å². The van der Waals surface area contributed by atoms with Gasteiger partial charge in [0.2, 0.25) is 5.91 Å². The predicted octanol–water partition coefficient (Wildman–Crippen LogP) is 4.83. The maximum atomic E-state index is 13.3. The van der Waals surface area contributed by atoms with Crippen molar-refractivity contribution in [2.45, 2.75) is 5.16 Å². The zero-order valence-electron chi connectivity index (χ0n) is 19.3. The summed E-state index contributed by atoms with van der Waals surface area (Å²) in [5.41, 5.74) is 2.82. The Hall–Kier alpha value is -4.35. The van der Waals surface area contributed by atoms with E-state index in [0.29, 0.717) is 11.3 Å². The van der Waals surface area contributed by atoms with Crippen LogP contribution in [0.4, 0.5) is 17.1 Å². The topological polar surface area (TPSA) is 93.1 Å². The molecule has 1 aromatic heterocycles. The third kappa shape index (κ3) is 5.42. The Morgan fingerprint density at radius 3 is 2.00 bits per heavy atom. The van der Waals surface area contributed by atoms with Crippen molar-refractivity contribution in [1.29, 1.82) is 5.26 Å². The van der Waals surface area contributed by atoms with Crippen molar-refractivity contribution < 1.29 is 4.79 Å². The van der Waals surface area contributed by atoms with Crippen LogP contribution >= 0.6 is 11.8 Å². The first-order valence-corrected chi connectivity index (χ1v) is 11.8. The summed E-state index contributed by atoms with van der Waals surface area (Å²) in [5, 5.41) is 9.82. The smallest absolute Gasteiger partial charge is 0.270 e. The highest BCUT2D eigenvalue weighted by Gasteiger charge is 2.20. The molecule has 4 rings (SSSR count). The van der Waals surface area contributed by atoms with E-state index in [2.05, 4.69) is 9.97 Å². The minimum absolute atomic E-state index is 0.0393. The van der Waals surface area contributed by atoms with E-state index in [1.54, 1.807) is 4.90 Å². The van der Waals surface area contributed by atoms with Crippen molar-refractivity contribution in [3.63, 3.8) is 0 Å². The van der Waals surface area contributed by atoms with Crippen molar-refractivity contribution in [3.8, 4) is 17.3 Å². The SMILES string of the molecule is CN(C)c1ccc(-c2nc(SCC(=O)N(c3ccccc3)c3ccccc3)[nH]c(=O)c2C#N)cc1. The number of aromatic amines is 1. The molecule has 35 heavy (non-hydrogen) atoms. The summed E-state index contributed by atoms with van der Waals surface area (Å²) in [4.78, 5) is 36.7. The molecule has 174 valence electrons. The van der Waals surface area contributed by atoms with Gasteiger partial charge in [0.1, 0.15) is 11.6 Å². The molecule has 0 aliphatic rings. The standard InChI is InChI=1S/C27H23N5O2S/c1-31(2)20-15-13-19(14-16-20)25-23(17-28)26(34)30-27(29-25)35-18-24(33)32(21-9-5-3-6-10-21)22-11-7-4-8-12-22/h3-16H,18H2,1-2H3,(H,29,30,34). The van der Waals surface area contributed by atoms with E-state index in [9.17, 15) is 14.9 Å². The maximum Gasteiger partial charge on any atom is 0.270 e. The molecule has 7 nitrogen and oxygen atoms in total. The molecule has 0 saturated carbocycles. The average Bonchev–Trinajstić information content (AvgIpc) is 2.88. The molecule has 0 bridgehead atoms. The van der Waals surface area contributed by atoms with E-state index in [1.165, 1.54) is 0 Å². The monoisotopic (exact) mass is 481 g/mol. The van der Waals surface area contributed by atoms with Gasteiger partial charge in [-0.15, -0.1) is 0 Å². The molecule has 0 atom stereocenters. The second-order valence-electron chi connectivity index (χ2n) is 7.84. The van der Waals surface area contributed by atoms with E-state index in [0.717, 1.165) is 28.8 Å². The predicted molar refractivity (Wildman–Crippen MR) is 140 cm³/mol. The fraction of sp³-hybridized carbons (Fsp3) is 0.111. The molecule has 1 amide bonds. The number of hydrogen-bond donors (Lipinski definition) is 1. The summed E-state index contributed by atoms with van der Waals surface area (Å²) in [7, 11) is 3.86. The molecule has 4 aromatic rings. The van der Waals surface area contributed by atoms with Crippen LogP contribution in [-0.4, -0.2) is 35.7 Å². The number of rotatable bonds is 7. The average molecular weight is 482 g/mol. The number of carbonyl (C=O) groups excluding carboxylic acids is 1. The summed E-state index contributed by atoms with van der Waals surface area (Å²) >= 11 is 1.12. The van der Waals surface area contributed by atoms with Gasteiger partial charge in [0.05, 0.1) is 11.4 Å². The van der Waals surface area contributed by atoms with Gasteiger partial charge in [-0.05, 0) is 36.4 Å². The summed E-state index contributed by atoms with van der Waals surface area (Å²) in [6.45, 7) is 0. The maximum absolute atomic E-state index is 13.3. The highest BCUT2D eigenvalue weighted by molar-refractivity contribution is 7.99. The van der Waals surface area contributed by atoms with Crippen LogP contribution in [0.3, 0.4) is 0 Å². The molecule has 8 heteroatoms. The highest BCUT2D eigenvalue weighted by atomic mass is 32.2. The quantitative estimate of drug-likeness (QED) is 0.300. The van der Waals surface area contributed by atoms with Crippen LogP contribution in [0.25, 0.3) is 11.3 Å². The third-order valence-electron chi connectivity index (χ3n) is 5.28. The van der Waals surface area contributed by atoms with E-state index in [-0.39, 0.29) is 22.4 Å². The Kier molecular flexibility index (Phi) is 7.29. The van der Waals surface area contributed by atoms with Crippen molar-refractivity contribution in [1.82, 2.24) is 9.97 Å². The second-order valence-corrected chi connectivity index (χ2v) is 8.80. The van der Waals surface area contributed by atoms with Crippen LogP contribution in [0.2, 0.25) is 0 Å². The summed E-state index contributed by atoms with van der Waals surface area (Å²) in [6.07, 6.45) is 0. The van der Waals surface area contributed by atoms with E-state index in [1.807, 2.05) is 110 Å². The Balaban J connectivity index is 1.62. The van der Waals surface area contributed by atoms with Crippen molar-refractivity contribution in [3.05, 3.63) is 101 Å². The van der Waals surface area contributed by atoms with Crippen LogP contribution in [0.5, 0.6) is 0 Å². The molecule has 0 fully saturated rings. The van der Waals surface area contributed by atoms with Gasteiger partial charge in [0.15, 0.2) is 5.16 Å². The van der Waals surface area contributed by atoms with Gasteiger partial charge >= 0.3 is 0 Å². The molecule has 0 spiro atoms. The lowest BCUT2D eigenvalue weighted by molar-refractivity contribution is -0.115. The minimum Gasteiger partial charge on any atom is -0.378 e. The van der Waals surface area contributed by atoms with Gasteiger partial charge in [-0.3, -0.25) is 14.5 Å². The number of nitrogens with one attached hydrogen (secondary N) is 1. The molecule has 0 saturated heterocycles.